The lowest BCUT2D eigenvalue weighted by Crippen LogP contribution is -1.99. The molecule has 2 rings (SSSR count). The lowest BCUT2D eigenvalue weighted by Gasteiger charge is -2.08. The van der Waals surface area contributed by atoms with E-state index in [4.69, 9.17) is 5.73 Å². The topological polar surface area (TPSA) is 43.1 Å². The Morgan fingerprint density at radius 2 is 2.21 bits per heavy atom. The van der Waals surface area contributed by atoms with E-state index in [0.717, 1.165) is 5.69 Å². The van der Waals surface area contributed by atoms with Crippen LogP contribution in [0.25, 0.3) is 0 Å². The van der Waals surface area contributed by atoms with Crippen LogP contribution in [0.15, 0.2) is 18.2 Å². The van der Waals surface area contributed by atoms with Crippen LogP contribution < -0.4 is 5.73 Å². The summed E-state index contributed by atoms with van der Waals surface area (Å²) in [6, 6.07) is 6.00. The first-order valence-corrected chi connectivity index (χ1v) is 6.58. The van der Waals surface area contributed by atoms with E-state index in [-0.39, 0.29) is 0 Å². The van der Waals surface area contributed by atoms with E-state index < -0.39 is 10.8 Å². The van der Waals surface area contributed by atoms with Crippen LogP contribution in [0, 0.1) is 0 Å². The molecule has 0 heterocycles. The summed E-state index contributed by atoms with van der Waals surface area (Å²) < 4.78 is 11.2. The van der Waals surface area contributed by atoms with Gasteiger partial charge < -0.3 is 5.73 Å². The Morgan fingerprint density at radius 3 is 2.79 bits per heavy atom. The van der Waals surface area contributed by atoms with E-state index in [2.05, 4.69) is 6.07 Å². The molecule has 0 spiro atoms. The fraction of sp³-hybridized carbons (Fsp3) is 0.455. The van der Waals surface area contributed by atoms with Gasteiger partial charge in [0, 0.05) is 28.5 Å². The highest BCUT2D eigenvalue weighted by Crippen LogP contribution is 2.42. The van der Waals surface area contributed by atoms with E-state index in [0.29, 0.717) is 11.7 Å². The van der Waals surface area contributed by atoms with Crippen LogP contribution >= 0.6 is 0 Å². The minimum absolute atomic E-state index is 0.636. The van der Waals surface area contributed by atoms with Gasteiger partial charge in [0.2, 0.25) is 0 Å². The molecule has 1 aliphatic carbocycles. The monoisotopic (exact) mass is 209 g/mol. The highest BCUT2D eigenvalue weighted by atomic mass is 32.2. The third-order valence-corrected chi connectivity index (χ3v) is 3.26. The third kappa shape index (κ3) is 2.15. The molecule has 1 aromatic rings. The van der Waals surface area contributed by atoms with Gasteiger partial charge in [-0.3, -0.25) is 4.21 Å². The standard InChI is InChI=1S/C11H15NOS/c1-14(13)7-9-6-10(12)4-5-11(9)8-2-3-8/h4-6,8H,2-3,7,12H2,1H3/t14-/m1/s1. The Morgan fingerprint density at radius 1 is 1.50 bits per heavy atom. The Hall–Kier alpha value is -0.830. The zero-order valence-electron chi connectivity index (χ0n) is 8.32. The van der Waals surface area contributed by atoms with E-state index in [9.17, 15) is 4.21 Å². The Kier molecular flexibility index (Phi) is 2.59. The summed E-state index contributed by atoms with van der Waals surface area (Å²) in [5.74, 6) is 1.34. The van der Waals surface area contributed by atoms with Crippen molar-refractivity contribution in [2.24, 2.45) is 0 Å². The van der Waals surface area contributed by atoms with Gasteiger partial charge in [0.05, 0.1) is 0 Å². The number of hydrogen-bond acceptors (Lipinski definition) is 2. The highest BCUT2D eigenvalue weighted by molar-refractivity contribution is 7.83. The molecule has 3 heteroatoms. The molecule has 0 saturated heterocycles. The molecule has 1 atom stereocenters. The van der Waals surface area contributed by atoms with Crippen molar-refractivity contribution < 1.29 is 4.21 Å². The molecule has 0 aliphatic heterocycles. The summed E-state index contributed by atoms with van der Waals surface area (Å²) in [5, 5.41) is 0. The van der Waals surface area contributed by atoms with Crippen molar-refractivity contribution >= 4 is 16.5 Å². The molecule has 76 valence electrons. The average Bonchev–Trinajstić information content (AvgIpc) is 2.86. The van der Waals surface area contributed by atoms with Crippen molar-refractivity contribution in [3.05, 3.63) is 29.3 Å². The molecule has 1 aromatic carbocycles. The van der Waals surface area contributed by atoms with E-state index in [1.54, 1.807) is 6.26 Å². The average molecular weight is 209 g/mol. The molecule has 0 bridgehead atoms. The summed E-state index contributed by atoms with van der Waals surface area (Å²) in [6.07, 6.45) is 4.28. The number of rotatable bonds is 3. The lowest BCUT2D eigenvalue weighted by atomic mass is 10.0. The fourth-order valence-electron chi connectivity index (χ4n) is 1.76. The van der Waals surface area contributed by atoms with Crippen molar-refractivity contribution in [3.63, 3.8) is 0 Å². The van der Waals surface area contributed by atoms with Crippen LogP contribution in [-0.4, -0.2) is 10.5 Å². The van der Waals surface area contributed by atoms with Gasteiger partial charge in [-0.2, -0.15) is 0 Å². The number of hydrogen-bond donors (Lipinski definition) is 1. The summed E-state index contributed by atoms with van der Waals surface area (Å²) in [6.45, 7) is 0. The Balaban J connectivity index is 2.32. The number of nitrogens with two attached hydrogens (primary N) is 1. The quantitative estimate of drug-likeness (QED) is 0.774. The van der Waals surface area contributed by atoms with E-state index in [1.165, 1.54) is 24.0 Å². The molecular formula is C11H15NOS. The van der Waals surface area contributed by atoms with Crippen molar-refractivity contribution in [1.82, 2.24) is 0 Å². The Bertz CT molecular complexity index is 372. The van der Waals surface area contributed by atoms with Gasteiger partial charge in [-0.25, -0.2) is 0 Å². The first-order chi connectivity index (χ1) is 6.66. The van der Waals surface area contributed by atoms with Crippen molar-refractivity contribution in [3.8, 4) is 0 Å². The first kappa shape index (κ1) is 9.71. The second-order valence-corrected chi connectivity index (χ2v) is 5.39. The summed E-state index contributed by atoms with van der Waals surface area (Å²) >= 11 is 0. The smallest absolute Gasteiger partial charge is 0.0486 e. The van der Waals surface area contributed by atoms with Crippen LogP contribution in [0.2, 0.25) is 0 Å². The van der Waals surface area contributed by atoms with Crippen LogP contribution in [0.3, 0.4) is 0 Å². The first-order valence-electron chi connectivity index (χ1n) is 4.85. The summed E-state index contributed by atoms with van der Waals surface area (Å²) in [7, 11) is -0.779. The molecular weight excluding hydrogens is 194 g/mol. The van der Waals surface area contributed by atoms with Gasteiger partial charge in [0.25, 0.3) is 0 Å². The SMILES string of the molecule is C[S@@](=O)Cc1cc(N)ccc1C1CC1. The molecule has 0 radical (unpaired) electrons. The highest BCUT2D eigenvalue weighted by Gasteiger charge is 2.25. The van der Waals surface area contributed by atoms with Gasteiger partial charge in [-0.15, -0.1) is 0 Å². The minimum Gasteiger partial charge on any atom is -0.399 e. The van der Waals surface area contributed by atoms with Crippen LogP contribution in [0.5, 0.6) is 0 Å². The van der Waals surface area contributed by atoms with Crippen molar-refractivity contribution in [2.75, 3.05) is 12.0 Å². The van der Waals surface area contributed by atoms with Crippen molar-refractivity contribution in [1.29, 1.82) is 0 Å². The number of nitrogen functional groups attached to an aromatic ring is 1. The van der Waals surface area contributed by atoms with Crippen molar-refractivity contribution in [2.45, 2.75) is 24.5 Å². The summed E-state index contributed by atoms with van der Waals surface area (Å²) in [4.78, 5) is 0. The predicted octanol–water partition coefficient (Wildman–Crippen LogP) is 2.02. The lowest BCUT2D eigenvalue weighted by molar-refractivity contribution is 0.686. The maximum Gasteiger partial charge on any atom is 0.0486 e. The van der Waals surface area contributed by atoms with Gasteiger partial charge in [-0.05, 0) is 42.0 Å². The normalized spacial score (nSPS) is 18.1. The fourth-order valence-corrected chi connectivity index (χ4v) is 2.45. The minimum atomic E-state index is -0.779. The van der Waals surface area contributed by atoms with Gasteiger partial charge >= 0.3 is 0 Å². The molecule has 0 aromatic heterocycles. The molecule has 0 unspecified atom stereocenters. The third-order valence-electron chi connectivity index (χ3n) is 2.54. The predicted molar refractivity (Wildman–Crippen MR) is 60.6 cm³/mol. The van der Waals surface area contributed by atoms with Crippen LogP contribution in [0.1, 0.15) is 29.9 Å². The maximum atomic E-state index is 11.2. The zero-order valence-corrected chi connectivity index (χ0v) is 9.14. The van der Waals surface area contributed by atoms with Gasteiger partial charge in [0.1, 0.15) is 0 Å². The van der Waals surface area contributed by atoms with Gasteiger partial charge in [0.15, 0.2) is 0 Å². The maximum absolute atomic E-state index is 11.2. The number of benzene rings is 1. The molecule has 1 aliphatic rings. The second kappa shape index (κ2) is 3.73. The zero-order chi connectivity index (χ0) is 10.1. The van der Waals surface area contributed by atoms with Crippen LogP contribution in [-0.2, 0) is 16.6 Å². The largest absolute Gasteiger partial charge is 0.399 e. The molecule has 2 nitrogen and oxygen atoms in total. The molecule has 14 heavy (non-hydrogen) atoms. The molecule has 2 N–H and O–H groups in total. The van der Waals surface area contributed by atoms with E-state index in [1.807, 2.05) is 12.1 Å². The van der Waals surface area contributed by atoms with E-state index >= 15 is 0 Å². The summed E-state index contributed by atoms with van der Waals surface area (Å²) in [5.41, 5.74) is 9.03. The molecule has 1 fully saturated rings. The number of anilines is 1. The van der Waals surface area contributed by atoms with Crippen LogP contribution in [0.4, 0.5) is 5.69 Å². The molecule has 1 saturated carbocycles. The van der Waals surface area contributed by atoms with Gasteiger partial charge in [-0.1, -0.05) is 6.07 Å². The second-order valence-electron chi connectivity index (χ2n) is 3.95. The Labute approximate surface area is 87.0 Å². The molecule has 0 amide bonds.